The number of hydrogen-bond acceptors (Lipinski definition) is 1. The normalized spacial score (nSPS) is 15.8. The fourth-order valence-corrected chi connectivity index (χ4v) is 0.0680. The molecule has 1 N–H and O–H groups in total. The minimum absolute atomic E-state index is 0.303. The van der Waals surface area contributed by atoms with Crippen LogP contribution in [0, 0.1) is 5.92 Å². The molecule has 0 radical (unpaired) electrons. The van der Waals surface area contributed by atoms with Crippen molar-refractivity contribution in [3.63, 3.8) is 0 Å². The largest absolute Gasteiger partial charge is 0.396 e. The Labute approximate surface area is 39.8 Å². The second kappa shape index (κ2) is 2.91. The topological polar surface area (TPSA) is 20.2 Å². The van der Waals surface area contributed by atoms with Crippen LogP contribution in [0.5, 0.6) is 0 Å². The molecule has 0 spiro atoms. The van der Waals surface area contributed by atoms with Crippen LogP contribution in [0.2, 0.25) is 0 Å². The van der Waals surface area contributed by atoms with Crippen molar-refractivity contribution in [2.45, 2.75) is 6.92 Å². The van der Waals surface area contributed by atoms with E-state index in [-0.39, 0.29) is 0 Å². The third-order valence-electron chi connectivity index (χ3n) is 0.665. The molecule has 0 saturated carbocycles. The van der Waals surface area contributed by atoms with Gasteiger partial charge in [0.1, 0.15) is 0 Å². The van der Waals surface area contributed by atoms with Crippen molar-refractivity contribution < 1.29 is 5.11 Å². The maximum Gasteiger partial charge on any atom is 0.210 e. The predicted molar refractivity (Wildman–Crippen MR) is 26.4 cm³/mol. The van der Waals surface area contributed by atoms with E-state index in [4.69, 9.17) is 1.43 Å². The highest BCUT2D eigenvalue weighted by atomic mass is 16.3. The Bertz CT molecular complexity index is 54.0. The van der Waals surface area contributed by atoms with Gasteiger partial charge in [-0.15, -0.1) is 6.58 Å². The first-order valence-electron chi connectivity index (χ1n) is 2.42. The molecule has 0 saturated heterocycles. The van der Waals surface area contributed by atoms with Crippen LogP contribution in [0.15, 0.2) is 12.7 Å². The Hall–Kier alpha value is -0.300. The lowest BCUT2D eigenvalue weighted by Gasteiger charge is -1.93. The van der Waals surface area contributed by atoms with E-state index in [0.29, 0.717) is 12.5 Å². The summed E-state index contributed by atoms with van der Waals surface area (Å²) in [5, 5.41) is 4.07. The summed E-state index contributed by atoms with van der Waals surface area (Å²) in [6.45, 7) is 5.91. The summed E-state index contributed by atoms with van der Waals surface area (Å²) in [6.07, 6.45) is 1.76. The molecule has 0 aromatic heterocycles. The van der Waals surface area contributed by atoms with Crippen LogP contribution >= 0.6 is 0 Å². The van der Waals surface area contributed by atoms with Gasteiger partial charge in [-0.25, -0.2) is 0 Å². The first kappa shape index (κ1) is 3.88. The van der Waals surface area contributed by atoms with Gasteiger partial charge < -0.3 is 5.11 Å². The van der Waals surface area contributed by atoms with Crippen LogP contribution in [-0.2, 0) is 0 Å². The average molecular weight is 88.1 g/mol. The maximum absolute atomic E-state index is 6.29. The Morgan fingerprint density at radius 3 is 3.17 bits per heavy atom. The van der Waals surface area contributed by atoms with Gasteiger partial charge in [-0.1, -0.05) is 13.0 Å². The Morgan fingerprint density at radius 1 is 2.33 bits per heavy atom. The second-order valence-corrected chi connectivity index (χ2v) is 1.38. The molecule has 0 aliphatic carbocycles. The average Bonchev–Trinajstić information content (AvgIpc) is 1.68. The smallest absolute Gasteiger partial charge is 0.210 e. The zero-order chi connectivity index (χ0) is 5.70. The molecule has 0 aliphatic heterocycles. The van der Waals surface area contributed by atoms with Crippen LogP contribution < -0.4 is 0 Å². The zero-order valence-electron chi connectivity index (χ0n) is 4.98. The summed E-state index contributed by atoms with van der Waals surface area (Å²) >= 11 is 0. The lowest BCUT2D eigenvalue weighted by molar-refractivity contribution is 0.262. The van der Waals surface area contributed by atoms with E-state index in [0.717, 1.165) is 0 Å². The minimum atomic E-state index is 0.303. The van der Waals surface area contributed by atoms with Crippen LogP contribution in [0.1, 0.15) is 6.92 Å². The summed E-state index contributed by atoms with van der Waals surface area (Å²) in [7, 11) is 0. The van der Waals surface area contributed by atoms with E-state index in [1.807, 2.05) is 6.92 Å². The van der Waals surface area contributed by atoms with Crippen LogP contribution in [0.25, 0.3) is 0 Å². The van der Waals surface area contributed by atoms with Crippen LogP contribution in [0.4, 0.5) is 0 Å². The van der Waals surface area contributed by atoms with Gasteiger partial charge in [0.2, 0.25) is 1.43 Å². The standard InChI is InChI=1S/C5H10O/c1-3-5(2)4-6/h3,5-6H,1,4H2,2H3/t5-/m1/s1/i6T. The lowest BCUT2D eigenvalue weighted by Crippen LogP contribution is -1.93. The van der Waals surface area contributed by atoms with E-state index < -0.39 is 0 Å². The van der Waals surface area contributed by atoms with Crippen molar-refractivity contribution in [2.24, 2.45) is 5.92 Å². The summed E-state index contributed by atoms with van der Waals surface area (Å²) in [4.78, 5) is 0. The van der Waals surface area contributed by atoms with Crippen molar-refractivity contribution in [1.29, 1.82) is 1.43 Å². The molecule has 0 bridgehead atoms. The predicted octanol–water partition coefficient (Wildman–Crippen LogP) is 0.801. The fourth-order valence-electron chi connectivity index (χ4n) is 0.0680. The zero-order valence-corrected chi connectivity index (χ0v) is 3.98. The Kier molecular flexibility index (Phi) is 1.88. The van der Waals surface area contributed by atoms with Crippen molar-refractivity contribution >= 4 is 0 Å². The van der Waals surface area contributed by atoms with Gasteiger partial charge >= 0.3 is 0 Å². The van der Waals surface area contributed by atoms with E-state index in [1.54, 1.807) is 6.08 Å². The molecule has 6 heavy (non-hydrogen) atoms. The SMILES string of the molecule is [3H]OC[C@H](C)C=C. The molecule has 1 atom stereocenters. The van der Waals surface area contributed by atoms with Gasteiger partial charge in [-0.05, 0) is 5.92 Å². The molecule has 0 aromatic rings. The first-order valence-corrected chi connectivity index (χ1v) is 2.02. The fraction of sp³-hybridized carbons (Fsp3) is 0.600. The molecule has 0 aromatic carbocycles. The number of hydrogen-bond donors (Lipinski definition) is 1. The molecule has 1 heteroatoms. The van der Waals surface area contributed by atoms with Crippen molar-refractivity contribution in [3.8, 4) is 0 Å². The van der Waals surface area contributed by atoms with Gasteiger partial charge in [0.25, 0.3) is 0 Å². The highest BCUT2D eigenvalue weighted by Gasteiger charge is 1.85. The molecule has 0 amide bonds. The minimum Gasteiger partial charge on any atom is -0.396 e. The number of rotatable bonds is 3. The van der Waals surface area contributed by atoms with Crippen molar-refractivity contribution in [2.75, 3.05) is 6.61 Å². The number of aliphatic hydroxyl groups is 1. The van der Waals surface area contributed by atoms with Gasteiger partial charge in [-0.3, -0.25) is 0 Å². The number of aliphatic hydroxyl groups excluding tert-OH is 1. The summed E-state index contributed by atoms with van der Waals surface area (Å²) in [6, 6.07) is 0. The van der Waals surface area contributed by atoms with Gasteiger partial charge in [0.15, 0.2) is 0 Å². The highest BCUT2D eigenvalue weighted by molar-refractivity contribution is 4.72. The molecular formula is C5H10O. The molecule has 0 fully saturated rings. The monoisotopic (exact) mass is 88.1 g/mol. The molecule has 0 heterocycles. The molecular weight excluding hydrogens is 76.1 g/mol. The molecule has 0 rings (SSSR count). The molecule has 36 valence electrons. The quantitative estimate of drug-likeness (QED) is 0.506. The molecule has 0 aliphatic rings. The van der Waals surface area contributed by atoms with Gasteiger partial charge in [0, 0.05) is 6.61 Å². The third kappa shape index (κ3) is 1.97. The van der Waals surface area contributed by atoms with Crippen LogP contribution in [0.3, 0.4) is 0 Å². The van der Waals surface area contributed by atoms with E-state index in [9.17, 15) is 0 Å². The van der Waals surface area contributed by atoms with Gasteiger partial charge in [-0.2, -0.15) is 0 Å². The highest BCUT2D eigenvalue weighted by Crippen LogP contribution is 1.89. The van der Waals surface area contributed by atoms with Gasteiger partial charge in [0.05, 0.1) is 0 Å². The third-order valence-corrected chi connectivity index (χ3v) is 0.665. The van der Waals surface area contributed by atoms with Crippen LogP contribution in [-0.4, -0.2) is 13.1 Å². The second-order valence-electron chi connectivity index (χ2n) is 1.38. The van der Waals surface area contributed by atoms with E-state index >= 15 is 0 Å². The Balaban J connectivity index is 2.98. The summed E-state index contributed by atoms with van der Waals surface area (Å²) < 4.78 is 6.29. The first-order chi connectivity index (χ1) is 3.31. The Morgan fingerprint density at radius 2 is 3.00 bits per heavy atom. The van der Waals surface area contributed by atoms with Crippen molar-refractivity contribution in [3.05, 3.63) is 12.7 Å². The lowest BCUT2D eigenvalue weighted by atomic mass is 10.2. The van der Waals surface area contributed by atoms with E-state index in [2.05, 4.69) is 11.7 Å². The van der Waals surface area contributed by atoms with E-state index in [1.165, 1.54) is 0 Å². The van der Waals surface area contributed by atoms with Crippen molar-refractivity contribution in [1.82, 2.24) is 0 Å². The summed E-state index contributed by atoms with van der Waals surface area (Å²) in [5.41, 5.74) is 0. The maximum atomic E-state index is 6.29. The molecule has 0 unspecified atom stereocenters. The molecule has 1 nitrogen and oxygen atoms in total. The summed E-state index contributed by atoms with van der Waals surface area (Å²) in [5.74, 6) is 0.303.